The lowest BCUT2D eigenvalue weighted by atomic mass is 10.2. The molecule has 1 atom stereocenters. The molecule has 1 aromatic rings. The lowest BCUT2D eigenvalue weighted by Crippen LogP contribution is -2.08. The van der Waals surface area contributed by atoms with E-state index < -0.39 is 0 Å². The van der Waals surface area contributed by atoms with Gasteiger partial charge in [0.05, 0.1) is 29.2 Å². The van der Waals surface area contributed by atoms with Crippen LogP contribution in [0.1, 0.15) is 12.8 Å². The van der Waals surface area contributed by atoms with Crippen LogP contribution in [0.2, 0.25) is 10.0 Å². The molecular formula is C14H14Cl4N2O2. The molecule has 1 unspecified atom stereocenters. The second kappa shape index (κ2) is 8.82. The van der Waals surface area contributed by atoms with Crippen LogP contribution >= 0.6 is 46.4 Å². The van der Waals surface area contributed by atoms with E-state index in [1.54, 1.807) is 12.1 Å². The van der Waals surface area contributed by atoms with Gasteiger partial charge in [0, 0.05) is 18.6 Å². The molecule has 0 bridgehead atoms. The molecule has 0 aromatic heterocycles. The van der Waals surface area contributed by atoms with Crippen LogP contribution in [0, 0.1) is 0 Å². The molecule has 0 N–H and O–H groups in total. The van der Waals surface area contributed by atoms with Gasteiger partial charge in [0.25, 0.3) is 0 Å². The number of nitrogens with zero attached hydrogens (tertiary/aromatic N) is 2. The summed E-state index contributed by atoms with van der Waals surface area (Å²) in [5, 5.41) is 8.83. The third kappa shape index (κ3) is 5.51. The maximum atomic E-state index is 6.17. The molecule has 1 aromatic carbocycles. The molecule has 2 rings (SSSR count). The molecule has 0 aliphatic carbocycles. The Morgan fingerprint density at radius 2 is 1.95 bits per heavy atom. The number of hydrogen-bond acceptors (Lipinski definition) is 4. The quantitative estimate of drug-likeness (QED) is 0.607. The first-order chi connectivity index (χ1) is 10.6. The van der Waals surface area contributed by atoms with E-state index in [1.807, 2.05) is 0 Å². The van der Waals surface area contributed by atoms with Gasteiger partial charge in [0.2, 0.25) is 0 Å². The van der Waals surface area contributed by atoms with Crippen LogP contribution in [-0.4, -0.2) is 25.8 Å². The average molecular weight is 384 g/mol. The van der Waals surface area contributed by atoms with Crippen LogP contribution in [0.15, 0.2) is 32.9 Å². The minimum absolute atomic E-state index is 0.140. The summed E-state index contributed by atoms with van der Waals surface area (Å²) in [6, 6.07) is 3.49. The van der Waals surface area contributed by atoms with Crippen molar-refractivity contribution in [1.82, 2.24) is 0 Å². The Bertz CT molecular complexity index is 551. The SMILES string of the molecule is ClC(Cl)=CCOc1cc(Cl)c(OCCC2CCN=N2)c(Cl)c1. The molecule has 1 heterocycles. The van der Waals surface area contributed by atoms with Gasteiger partial charge >= 0.3 is 0 Å². The van der Waals surface area contributed by atoms with Crippen LogP contribution in [0.25, 0.3) is 0 Å². The van der Waals surface area contributed by atoms with E-state index in [9.17, 15) is 0 Å². The maximum Gasteiger partial charge on any atom is 0.156 e. The Hall–Kier alpha value is -0.680. The fourth-order valence-electron chi connectivity index (χ4n) is 1.90. The molecule has 1 aliphatic rings. The smallest absolute Gasteiger partial charge is 0.156 e. The minimum atomic E-state index is 0.140. The highest BCUT2D eigenvalue weighted by molar-refractivity contribution is 6.55. The zero-order valence-electron chi connectivity index (χ0n) is 11.6. The van der Waals surface area contributed by atoms with Crippen molar-refractivity contribution in [3.8, 4) is 11.5 Å². The number of benzene rings is 1. The monoisotopic (exact) mass is 382 g/mol. The van der Waals surface area contributed by atoms with Gasteiger partial charge in [-0.3, -0.25) is 0 Å². The minimum Gasteiger partial charge on any atom is -0.490 e. The van der Waals surface area contributed by atoms with Crippen LogP contribution in [0.3, 0.4) is 0 Å². The molecule has 0 radical (unpaired) electrons. The second-order valence-electron chi connectivity index (χ2n) is 4.58. The molecule has 8 heteroatoms. The molecule has 1 aliphatic heterocycles. The van der Waals surface area contributed by atoms with Crippen LogP contribution < -0.4 is 9.47 Å². The molecule has 22 heavy (non-hydrogen) atoms. The molecule has 120 valence electrons. The van der Waals surface area contributed by atoms with Crippen molar-refractivity contribution in [2.75, 3.05) is 19.8 Å². The van der Waals surface area contributed by atoms with Crippen molar-refractivity contribution in [3.05, 3.63) is 32.7 Å². The van der Waals surface area contributed by atoms with E-state index in [0.717, 1.165) is 19.4 Å². The fraction of sp³-hybridized carbons (Fsp3) is 0.429. The van der Waals surface area contributed by atoms with Crippen LogP contribution in [-0.2, 0) is 0 Å². The number of hydrogen-bond donors (Lipinski definition) is 0. The van der Waals surface area contributed by atoms with Crippen molar-refractivity contribution in [2.24, 2.45) is 10.2 Å². The molecule has 0 fully saturated rings. The van der Waals surface area contributed by atoms with Crippen molar-refractivity contribution in [1.29, 1.82) is 0 Å². The number of halogens is 4. The summed E-state index contributed by atoms with van der Waals surface area (Å²) < 4.78 is 11.2. The van der Waals surface area contributed by atoms with E-state index >= 15 is 0 Å². The van der Waals surface area contributed by atoms with Gasteiger partial charge in [-0.05, 0) is 12.5 Å². The van der Waals surface area contributed by atoms with Crippen LogP contribution in [0.5, 0.6) is 11.5 Å². The number of rotatable bonds is 7. The molecule has 0 spiro atoms. The van der Waals surface area contributed by atoms with Crippen molar-refractivity contribution < 1.29 is 9.47 Å². The van der Waals surface area contributed by atoms with Gasteiger partial charge < -0.3 is 9.47 Å². The Labute approximate surface area is 149 Å². The van der Waals surface area contributed by atoms with Gasteiger partial charge in [-0.15, -0.1) is 0 Å². The third-order valence-corrected chi connectivity index (χ3v) is 3.83. The normalized spacial score (nSPS) is 16.6. The van der Waals surface area contributed by atoms with E-state index in [0.29, 0.717) is 28.2 Å². The van der Waals surface area contributed by atoms with E-state index in [4.69, 9.17) is 55.9 Å². The maximum absolute atomic E-state index is 6.17. The summed E-state index contributed by atoms with van der Waals surface area (Å²) in [6.45, 7) is 1.49. The highest BCUT2D eigenvalue weighted by Crippen LogP contribution is 2.37. The van der Waals surface area contributed by atoms with Gasteiger partial charge in [-0.25, -0.2) is 0 Å². The van der Waals surface area contributed by atoms with Gasteiger partial charge in [0.15, 0.2) is 5.75 Å². The first kappa shape index (κ1) is 17.7. The molecule has 0 amide bonds. The average Bonchev–Trinajstić information content (AvgIpc) is 2.94. The zero-order valence-corrected chi connectivity index (χ0v) is 14.6. The van der Waals surface area contributed by atoms with Gasteiger partial charge in [-0.1, -0.05) is 46.4 Å². The largest absolute Gasteiger partial charge is 0.490 e. The fourth-order valence-corrected chi connectivity index (χ4v) is 2.60. The van der Waals surface area contributed by atoms with Crippen molar-refractivity contribution in [2.45, 2.75) is 18.9 Å². The standard InChI is InChI=1S/C14H14Cl4N2O2/c15-11-7-10(21-6-3-13(17)18)8-12(16)14(11)22-5-2-9-1-4-19-20-9/h3,7-9H,1-2,4-6H2. The molecule has 0 saturated carbocycles. The molecule has 0 saturated heterocycles. The number of ether oxygens (including phenoxy) is 2. The Morgan fingerprint density at radius 1 is 1.23 bits per heavy atom. The highest BCUT2D eigenvalue weighted by atomic mass is 35.5. The first-order valence-electron chi connectivity index (χ1n) is 6.68. The van der Waals surface area contributed by atoms with Crippen molar-refractivity contribution >= 4 is 46.4 Å². The van der Waals surface area contributed by atoms with Crippen LogP contribution in [0.4, 0.5) is 0 Å². The Kier molecular flexibility index (Phi) is 7.09. The summed E-state index contributed by atoms with van der Waals surface area (Å²) in [6.07, 6.45) is 3.27. The first-order valence-corrected chi connectivity index (χ1v) is 8.20. The van der Waals surface area contributed by atoms with E-state index in [1.165, 1.54) is 6.08 Å². The third-order valence-electron chi connectivity index (χ3n) is 2.96. The van der Waals surface area contributed by atoms with Gasteiger partial charge in [0.1, 0.15) is 16.8 Å². The highest BCUT2D eigenvalue weighted by Gasteiger charge is 2.14. The Morgan fingerprint density at radius 3 is 2.55 bits per heavy atom. The lowest BCUT2D eigenvalue weighted by molar-refractivity contribution is 0.297. The summed E-state index contributed by atoms with van der Waals surface area (Å²) in [5.41, 5.74) is 0. The zero-order chi connectivity index (χ0) is 15.9. The summed E-state index contributed by atoms with van der Waals surface area (Å²) in [5.74, 6) is 0.953. The van der Waals surface area contributed by atoms with E-state index in [2.05, 4.69) is 10.2 Å². The lowest BCUT2D eigenvalue weighted by Gasteiger charge is -2.13. The topological polar surface area (TPSA) is 43.2 Å². The van der Waals surface area contributed by atoms with Crippen molar-refractivity contribution in [3.63, 3.8) is 0 Å². The predicted molar refractivity (Wildman–Crippen MR) is 90.0 cm³/mol. The summed E-state index contributed by atoms with van der Waals surface area (Å²) >= 11 is 23.4. The number of azo groups is 1. The summed E-state index contributed by atoms with van der Waals surface area (Å²) in [4.78, 5) is 0. The molecular weight excluding hydrogens is 370 g/mol. The van der Waals surface area contributed by atoms with Gasteiger partial charge in [-0.2, -0.15) is 10.2 Å². The summed E-state index contributed by atoms with van der Waals surface area (Å²) in [7, 11) is 0. The predicted octanol–water partition coefficient (Wildman–Crippen LogP) is 5.68. The second-order valence-corrected chi connectivity index (χ2v) is 6.40. The Balaban J connectivity index is 1.91. The van der Waals surface area contributed by atoms with E-state index in [-0.39, 0.29) is 17.1 Å². The molecule has 4 nitrogen and oxygen atoms in total.